The van der Waals surface area contributed by atoms with Crippen molar-refractivity contribution in [2.45, 2.75) is 44.2 Å². The van der Waals surface area contributed by atoms with Gasteiger partial charge >= 0.3 is 6.09 Å². The molecule has 1 aromatic carbocycles. The summed E-state index contributed by atoms with van der Waals surface area (Å²) in [5.41, 5.74) is 7.23. The molecule has 2 aliphatic rings. The summed E-state index contributed by atoms with van der Waals surface area (Å²) in [5.74, 6) is 0.345. The molecule has 4 N–H and O–H groups in total. The lowest BCUT2D eigenvalue weighted by molar-refractivity contribution is 0.0485. The fourth-order valence-electron chi connectivity index (χ4n) is 3.72. The van der Waals surface area contributed by atoms with Crippen molar-refractivity contribution in [3.63, 3.8) is 0 Å². The van der Waals surface area contributed by atoms with E-state index in [1.54, 1.807) is 11.8 Å². The van der Waals surface area contributed by atoms with Crippen molar-refractivity contribution < 1.29 is 14.6 Å². The van der Waals surface area contributed by atoms with Gasteiger partial charge in [0.1, 0.15) is 5.60 Å². The third kappa shape index (κ3) is 5.25. The van der Waals surface area contributed by atoms with Crippen LogP contribution in [0, 0.1) is 0 Å². The van der Waals surface area contributed by atoms with Crippen molar-refractivity contribution in [1.29, 1.82) is 0 Å². The van der Waals surface area contributed by atoms with Crippen molar-refractivity contribution in [1.82, 2.24) is 10.2 Å². The fraction of sp³-hybridized carbons (Fsp3) is 0.579. The molecule has 1 aromatic rings. The molecule has 1 unspecified atom stereocenters. The summed E-state index contributed by atoms with van der Waals surface area (Å²) in [4.78, 5) is 17.8. The number of nitrogens with one attached hydrogen (secondary N) is 1. The molecular formula is C19H29IN4O3. The highest BCUT2D eigenvalue weighted by atomic mass is 127. The first-order valence-electron chi connectivity index (χ1n) is 9.31. The average Bonchev–Trinajstić information content (AvgIpc) is 2.99. The molecule has 0 saturated carbocycles. The molecule has 1 aliphatic heterocycles. The Morgan fingerprint density at radius 3 is 2.81 bits per heavy atom. The molecular weight excluding hydrogens is 459 g/mol. The summed E-state index contributed by atoms with van der Waals surface area (Å²) in [6.07, 6.45) is 2.86. The molecule has 1 fully saturated rings. The van der Waals surface area contributed by atoms with Crippen molar-refractivity contribution in [3.05, 3.63) is 35.4 Å². The molecule has 0 bridgehead atoms. The average molecular weight is 488 g/mol. The number of nitrogens with zero attached hydrogens (tertiary/aromatic N) is 2. The van der Waals surface area contributed by atoms with Gasteiger partial charge in [-0.15, -0.1) is 24.0 Å². The maximum absolute atomic E-state index is 11.7. The number of carbonyl (C=O) groups is 1. The van der Waals surface area contributed by atoms with E-state index in [1.807, 2.05) is 18.2 Å². The number of amides is 1. The number of aliphatic hydroxyl groups is 1. The van der Waals surface area contributed by atoms with Crippen LogP contribution in [0.2, 0.25) is 0 Å². The van der Waals surface area contributed by atoms with E-state index in [0.717, 1.165) is 24.8 Å². The molecule has 8 heteroatoms. The molecule has 1 saturated heterocycles. The van der Waals surface area contributed by atoms with E-state index in [1.165, 1.54) is 5.56 Å². The van der Waals surface area contributed by atoms with Crippen molar-refractivity contribution in [2.75, 3.05) is 26.2 Å². The van der Waals surface area contributed by atoms with Gasteiger partial charge in [-0.2, -0.15) is 0 Å². The molecule has 1 heterocycles. The number of carbonyl (C=O) groups excluding carboxylic acids is 1. The minimum atomic E-state index is -0.934. The zero-order valence-electron chi connectivity index (χ0n) is 15.7. The normalized spacial score (nSPS) is 22.7. The van der Waals surface area contributed by atoms with Gasteiger partial charge in [-0.1, -0.05) is 24.3 Å². The number of halogens is 1. The van der Waals surface area contributed by atoms with Crippen LogP contribution in [-0.2, 0) is 16.8 Å². The van der Waals surface area contributed by atoms with E-state index in [0.29, 0.717) is 32.1 Å². The quantitative estimate of drug-likeness (QED) is 0.342. The van der Waals surface area contributed by atoms with Gasteiger partial charge in [-0.3, -0.25) is 4.99 Å². The van der Waals surface area contributed by atoms with Gasteiger partial charge in [-0.25, -0.2) is 4.79 Å². The Labute approximate surface area is 177 Å². The summed E-state index contributed by atoms with van der Waals surface area (Å²) in [7, 11) is 0. The summed E-state index contributed by atoms with van der Waals surface area (Å²) in [6, 6.07) is 8.13. The number of rotatable bonds is 4. The molecule has 1 amide bonds. The van der Waals surface area contributed by atoms with Crippen LogP contribution in [0.4, 0.5) is 4.79 Å². The van der Waals surface area contributed by atoms with Gasteiger partial charge in [0.25, 0.3) is 0 Å². The standard InChI is InChI=1S/C19H28N4O3.HI/c1-2-26-18(24)23-11-8-15(9-12-23)22-17(20)21-13-19(25)10-7-14-5-3-4-6-16(14)19;/h3-6,15,25H,2,7-13H2,1H3,(H3,20,21,22);1H. The fourth-order valence-corrected chi connectivity index (χ4v) is 3.72. The zero-order valence-corrected chi connectivity index (χ0v) is 18.0. The molecule has 1 aliphatic carbocycles. The van der Waals surface area contributed by atoms with Crippen LogP contribution in [0.25, 0.3) is 0 Å². The number of aryl methyl sites for hydroxylation is 1. The lowest BCUT2D eigenvalue weighted by Crippen LogP contribution is -2.48. The van der Waals surface area contributed by atoms with Gasteiger partial charge in [0.05, 0.1) is 13.2 Å². The lowest BCUT2D eigenvalue weighted by atomic mass is 9.96. The van der Waals surface area contributed by atoms with Crippen LogP contribution in [0.1, 0.15) is 37.3 Å². The van der Waals surface area contributed by atoms with E-state index < -0.39 is 5.60 Å². The summed E-state index contributed by atoms with van der Waals surface area (Å²) in [6.45, 7) is 3.73. The van der Waals surface area contributed by atoms with Crippen LogP contribution in [0.3, 0.4) is 0 Å². The van der Waals surface area contributed by atoms with Crippen molar-refractivity contribution in [3.8, 4) is 0 Å². The molecule has 0 aromatic heterocycles. The number of hydrogen-bond acceptors (Lipinski definition) is 4. The smallest absolute Gasteiger partial charge is 0.409 e. The topological polar surface area (TPSA) is 100 Å². The zero-order chi connectivity index (χ0) is 18.6. The third-order valence-corrected chi connectivity index (χ3v) is 5.21. The number of hydrogen-bond donors (Lipinski definition) is 3. The first-order chi connectivity index (χ1) is 12.5. The van der Waals surface area contributed by atoms with E-state index in [-0.39, 0.29) is 42.7 Å². The van der Waals surface area contributed by atoms with Crippen LogP contribution < -0.4 is 11.1 Å². The Morgan fingerprint density at radius 1 is 1.41 bits per heavy atom. The number of piperidine rings is 1. The van der Waals surface area contributed by atoms with E-state index in [9.17, 15) is 9.90 Å². The SMILES string of the molecule is CCOC(=O)N1CCC(NC(N)=NCC2(O)CCc3ccccc32)CC1.I. The Hall–Kier alpha value is -1.55. The number of likely N-dealkylation sites (tertiary alicyclic amines) is 1. The van der Waals surface area contributed by atoms with Crippen molar-refractivity contribution >= 4 is 36.0 Å². The second-order valence-corrected chi connectivity index (χ2v) is 6.99. The monoisotopic (exact) mass is 488 g/mol. The first kappa shape index (κ1) is 21.7. The van der Waals surface area contributed by atoms with Crippen molar-refractivity contribution in [2.24, 2.45) is 10.7 Å². The van der Waals surface area contributed by atoms with Crippen LogP contribution in [0.5, 0.6) is 0 Å². The van der Waals surface area contributed by atoms with Crippen LogP contribution in [-0.4, -0.2) is 54.3 Å². The Morgan fingerprint density at radius 2 is 2.11 bits per heavy atom. The predicted octanol–water partition coefficient (Wildman–Crippen LogP) is 1.96. The minimum absolute atomic E-state index is 0. The molecule has 0 radical (unpaired) electrons. The summed E-state index contributed by atoms with van der Waals surface area (Å²) >= 11 is 0. The van der Waals surface area contributed by atoms with Crippen LogP contribution in [0.15, 0.2) is 29.3 Å². The van der Waals surface area contributed by atoms with Gasteiger partial charge in [-0.05, 0) is 43.7 Å². The maximum Gasteiger partial charge on any atom is 0.409 e. The Balaban J connectivity index is 0.00000261. The summed E-state index contributed by atoms with van der Waals surface area (Å²) < 4.78 is 5.02. The van der Waals surface area contributed by atoms with Gasteiger partial charge in [0, 0.05) is 19.1 Å². The number of fused-ring (bicyclic) bond motifs is 1. The second kappa shape index (κ2) is 9.59. The molecule has 150 valence electrons. The highest BCUT2D eigenvalue weighted by molar-refractivity contribution is 14.0. The summed E-state index contributed by atoms with van der Waals surface area (Å²) in [5, 5.41) is 14.1. The molecule has 7 nitrogen and oxygen atoms in total. The maximum atomic E-state index is 11.7. The lowest BCUT2D eigenvalue weighted by Gasteiger charge is -2.32. The van der Waals surface area contributed by atoms with E-state index >= 15 is 0 Å². The minimum Gasteiger partial charge on any atom is -0.450 e. The number of benzene rings is 1. The second-order valence-electron chi connectivity index (χ2n) is 6.99. The predicted molar refractivity (Wildman–Crippen MR) is 115 cm³/mol. The molecule has 3 rings (SSSR count). The van der Waals surface area contributed by atoms with E-state index in [4.69, 9.17) is 10.5 Å². The number of nitrogens with two attached hydrogens (primary N) is 1. The van der Waals surface area contributed by atoms with E-state index in [2.05, 4.69) is 16.4 Å². The third-order valence-electron chi connectivity index (χ3n) is 5.21. The first-order valence-corrected chi connectivity index (χ1v) is 9.31. The molecule has 0 spiro atoms. The highest BCUT2D eigenvalue weighted by Crippen LogP contribution is 2.36. The largest absolute Gasteiger partial charge is 0.450 e. The van der Waals surface area contributed by atoms with Gasteiger partial charge < -0.3 is 25.8 Å². The Kier molecular flexibility index (Phi) is 7.72. The van der Waals surface area contributed by atoms with Gasteiger partial charge in [0.15, 0.2) is 5.96 Å². The Bertz CT molecular complexity index is 677. The van der Waals surface area contributed by atoms with Crippen LogP contribution >= 0.6 is 24.0 Å². The van der Waals surface area contributed by atoms with Gasteiger partial charge in [0.2, 0.25) is 0 Å². The molecule has 27 heavy (non-hydrogen) atoms. The highest BCUT2D eigenvalue weighted by Gasteiger charge is 2.36. The molecule has 1 atom stereocenters. The number of aliphatic imine (C=N–C) groups is 1. The number of guanidine groups is 1. The number of ether oxygens (including phenoxy) is 1.